The van der Waals surface area contributed by atoms with Crippen molar-refractivity contribution in [3.05, 3.63) is 35.9 Å². The summed E-state index contributed by atoms with van der Waals surface area (Å²) >= 11 is 0. The lowest BCUT2D eigenvalue weighted by Crippen LogP contribution is -2.49. The molecule has 1 aromatic rings. The van der Waals surface area contributed by atoms with E-state index in [0.29, 0.717) is 6.04 Å². The fraction of sp³-hybridized carbons (Fsp3) is 0.632. The van der Waals surface area contributed by atoms with E-state index in [9.17, 15) is 0 Å². The van der Waals surface area contributed by atoms with Crippen LogP contribution in [0.2, 0.25) is 0 Å². The maximum atomic E-state index is 4.48. The number of halogens is 1. The van der Waals surface area contributed by atoms with Crippen LogP contribution in [0.1, 0.15) is 37.7 Å². The minimum absolute atomic E-state index is 0. The van der Waals surface area contributed by atoms with E-state index in [2.05, 4.69) is 50.4 Å². The monoisotopic (exact) mass is 442 g/mol. The van der Waals surface area contributed by atoms with Gasteiger partial charge in [-0.3, -0.25) is 9.89 Å². The van der Waals surface area contributed by atoms with Gasteiger partial charge in [-0.05, 0) is 37.8 Å². The smallest absolute Gasteiger partial charge is 0.193 e. The Balaban J connectivity index is 0.00000208. The van der Waals surface area contributed by atoms with Crippen LogP contribution < -0.4 is 5.32 Å². The lowest BCUT2D eigenvalue weighted by atomic mass is 10.0. The Hall–Kier alpha value is -0.820. The zero-order valence-corrected chi connectivity index (χ0v) is 17.1. The molecule has 0 bridgehead atoms. The van der Waals surface area contributed by atoms with Gasteiger partial charge >= 0.3 is 0 Å². The third-order valence-electron chi connectivity index (χ3n) is 5.09. The first-order valence-electron chi connectivity index (χ1n) is 9.10. The molecule has 4 nitrogen and oxygen atoms in total. The highest BCUT2D eigenvalue weighted by molar-refractivity contribution is 14.0. The molecular weight excluding hydrogens is 411 g/mol. The van der Waals surface area contributed by atoms with Gasteiger partial charge in [0.15, 0.2) is 5.96 Å². The van der Waals surface area contributed by atoms with Crippen LogP contribution in [0.25, 0.3) is 0 Å². The number of hydrogen-bond donors (Lipinski definition) is 1. The fourth-order valence-electron chi connectivity index (χ4n) is 3.79. The molecule has 0 radical (unpaired) electrons. The number of nitrogens with zero attached hydrogens (tertiary/aromatic N) is 3. The molecule has 0 aliphatic carbocycles. The van der Waals surface area contributed by atoms with Crippen LogP contribution in [-0.4, -0.2) is 55.0 Å². The second kappa shape index (κ2) is 10.2. The first-order valence-corrected chi connectivity index (χ1v) is 9.10. The highest BCUT2D eigenvalue weighted by atomic mass is 127. The first kappa shape index (κ1) is 19.5. The zero-order chi connectivity index (χ0) is 15.9. The Bertz CT molecular complexity index is 499. The van der Waals surface area contributed by atoms with Gasteiger partial charge < -0.3 is 10.2 Å². The molecular formula is C19H31IN4. The van der Waals surface area contributed by atoms with Crippen molar-refractivity contribution in [1.29, 1.82) is 0 Å². The van der Waals surface area contributed by atoms with Gasteiger partial charge in [-0.25, -0.2) is 0 Å². The van der Waals surface area contributed by atoms with E-state index in [0.717, 1.165) is 32.1 Å². The summed E-state index contributed by atoms with van der Waals surface area (Å²) < 4.78 is 0. The predicted octanol–water partition coefficient (Wildman–Crippen LogP) is 3.33. The van der Waals surface area contributed by atoms with Crippen molar-refractivity contribution in [1.82, 2.24) is 15.1 Å². The van der Waals surface area contributed by atoms with E-state index in [-0.39, 0.29) is 24.0 Å². The summed E-state index contributed by atoms with van der Waals surface area (Å²) in [6.07, 6.45) is 6.55. The zero-order valence-electron chi connectivity index (χ0n) is 14.8. The summed E-state index contributed by atoms with van der Waals surface area (Å²) in [5.74, 6) is 1.09. The Labute approximate surface area is 163 Å². The summed E-state index contributed by atoms with van der Waals surface area (Å²) in [5, 5.41) is 3.63. The molecule has 134 valence electrons. The molecule has 2 aliphatic rings. The Morgan fingerprint density at radius 1 is 1.08 bits per heavy atom. The van der Waals surface area contributed by atoms with Gasteiger partial charge in [-0.15, -0.1) is 24.0 Å². The highest BCUT2D eigenvalue weighted by Gasteiger charge is 2.23. The number of benzene rings is 1. The average Bonchev–Trinajstić information content (AvgIpc) is 3.12. The standard InChI is InChI=1S/C19H30N4.HI/c1-20-19(22-12-7-8-13-22)21-15-18-11-5-6-14-23(18)16-17-9-3-2-4-10-17;/h2-4,9-10,18H,5-8,11-16H2,1H3,(H,20,21);1H. The van der Waals surface area contributed by atoms with E-state index in [1.807, 2.05) is 7.05 Å². The SMILES string of the molecule is CN=C(NCC1CCCCN1Cc1ccccc1)N1CCCC1.I. The first-order chi connectivity index (χ1) is 11.4. The number of likely N-dealkylation sites (tertiary alicyclic amines) is 2. The summed E-state index contributed by atoms with van der Waals surface area (Å²) in [7, 11) is 1.91. The third-order valence-corrected chi connectivity index (χ3v) is 5.09. The molecule has 1 atom stereocenters. The van der Waals surface area contributed by atoms with Crippen LogP contribution >= 0.6 is 24.0 Å². The lowest BCUT2D eigenvalue weighted by Gasteiger charge is -2.36. The van der Waals surface area contributed by atoms with Gasteiger partial charge in [-0.2, -0.15) is 0 Å². The van der Waals surface area contributed by atoms with E-state index in [4.69, 9.17) is 0 Å². The normalized spacial score (nSPS) is 22.3. The molecule has 2 heterocycles. The second-order valence-corrected chi connectivity index (χ2v) is 6.73. The van der Waals surface area contributed by atoms with Crippen LogP contribution in [0.15, 0.2) is 35.3 Å². The topological polar surface area (TPSA) is 30.9 Å². The second-order valence-electron chi connectivity index (χ2n) is 6.73. The number of nitrogens with one attached hydrogen (secondary N) is 1. The maximum Gasteiger partial charge on any atom is 0.193 e. The van der Waals surface area contributed by atoms with Gasteiger partial charge in [-0.1, -0.05) is 36.8 Å². The van der Waals surface area contributed by atoms with Gasteiger partial charge in [0.2, 0.25) is 0 Å². The number of guanidine groups is 1. The van der Waals surface area contributed by atoms with E-state index in [1.165, 1.54) is 44.2 Å². The summed E-state index contributed by atoms with van der Waals surface area (Å²) in [6.45, 7) is 5.59. The van der Waals surface area contributed by atoms with Crippen LogP contribution in [0.5, 0.6) is 0 Å². The van der Waals surface area contributed by atoms with Crippen molar-refractivity contribution in [3.8, 4) is 0 Å². The van der Waals surface area contributed by atoms with Crippen molar-refractivity contribution in [2.75, 3.05) is 33.2 Å². The largest absolute Gasteiger partial charge is 0.355 e. The molecule has 1 unspecified atom stereocenters. The maximum absolute atomic E-state index is 4.48. The summed E-state index contributed by atoms with van der Waals surface area (Å²) in [4.78, 5) is 9.51. The van der Waals surface area contributed by atoms with Gasteiger partial charge in [0, 0.05) is 39.3 Å². The van der Waals surface area contributed by atoms with Crippen molar-refractivity contribution in [2.24, 2.45) is 4.99 Å². The molecule has 0 amide bonds. The molecule has 1 aromatic carbocycles. The molecule has 3 rings (SSSR count). The van der Waals surface area contributed by atoms with E-state index in [1.54, 1.807) is 0 Å². The molecule has 0 spiro atoms. The van der Waals surface area contributed by atoms with Crippen LogP contribution in [0, 0.1) is 0 Å². The number of hydrogen-bond acceptors (Lipinski definition) is 2. The molecule has 0 aromatic heterocycles. The molecule has 2 aliphatic heterocycles. The Kier molecular flexibility index (Phi) is 8.32. The number of rotatable bonds is 4. The highest BCUT2D eigenvalue weighted by Crippen LogP contribution is 2.19. The summed E-state index contributed by atoms with van der Waals surface area (Å²) in [5.41, 5.74) is 1.42. The van der Waals surface area contributed by atoms with Crippen molar-refractivity contribution >= 4 is 29.9 Å². The van der Waals surface area contributed by atoms with Gasteiger partial charge in [0.05, 0.1) is 0 Å². The predicted molar refractivity (Wildman–Crippen MR) is 112 cm³/mol. The molecule has 1 N–H and O–H groups in total. The molecule has 5 heteroatoms. The van der Waals surface area contributed by atoms with Crippen molar-refractivity contribution < 1.29 is 0 Å². The lowest BCUT2D eigenvalue weighted by molar-refractivity contribution is 0.140. The van der Waals surface area contributed by atoms with E-state index < -0.39 is 0 Å². The van der Waals surface area contributed by atoms with Crippen LogP contribution in [0.3, 0.4) is 0 Å². The number of aliphatic imine (C=N–C) groups is 1. The van der Waals surface area contributed by atoms with E-state index >= 15 is 0 Å². The molecule has 0 saturated carbocycles. The summed E-state index contributed by atoms with van der Waals surface area (Å²) in [6, 6.07) is 11.5. The Morgan fingerprint density at radius 2 is 1.79 bits per heavy atom. The van der Waals surface area contributed by atoms with Gasteiger partial charge in [0.25, 0.3) is 0 Å². The fourth-order valence-corrected chi connectivity index (χ4v) is 3.79. The Morgan fingerprint density at radius 3 is 2.50 bits per heavy atom. The molecule has 2 fully saturated rings. The minimum Gasteiger partial charge on any atom is -0.355 e. The quantitative estimate of drug-likeness (QED) is 0.441. The third kappa shape index (κ3) is 5.34. The number of piperidine rings is 1. The average molecular weight is 442 g/mol. The van der Waals surface area contributed by atoms with Crippen molar-refractivity contribution in [2.45, 2.75) is 44.7 Å². The van der Waals surface area contributed by atoms with Crippen LogP contribution in [0.4, 0.5) is 0 Å². The minimum atomic E-state index is 0. The van der Waals surface area contributed by atoms with Crippen LogP contribution in [-0.2, 0) is 6.54 Å². The van der Waals surface area contributed by atoms with Crippen molar-refractivity contribution in [3.63, 3.8) is 0 Å². The van der Waals surface area contributed by atoms with Gasteiger partial charge in [0.1, 0.15) is 0 Å². The molecule has 2 saturated heterocycles. The molecule has 24 heavy (non-hydrogen) atoms.